The molecule has 7 heteroatoms. The first-order chi connectivity index (χ1) is 13.1. The molecule has 4 rings (SSSR count). The second kappa shape index (κ2) is 7.70. The molecule has 0 unspecified atom stereocenters. The third kappa shape index (κ3) is 4.14. The maximum Gasteiger partial charge on any atom is 0.238 e. The Morgan fingerprint density at radius 2 is 1.96 bits per heavy atom. The fourth-order valence-corrected chi connectivity index (χ4v) is 4.52. The Labute approximate surface area is 159 Å². The molecule has 2 aromatic carbocycles. The van der Waals surface area contributed by atoms with E-state index in [4.69, 9.17) is 4.98 Å². The number of hydrogen-bond donors (Lipinski definition) is 1. The maximum atomic E-state index is 13.6. The number of carbonyl (C=O) groups excluding carboxylic acids is 1. The van der Waals surface area contributed by atoms with Crippen molar-refractivity contribution in [1.29, 1.82) is 0 Å². The van der Waals surface area contributed by atoms with Crippen molar-refractivity contribution >= 4 is 33.1 Å². The molecule has 1 aromatic heterocycles. The molecule has 1 saturated heterocycles. The molecule has 0 bridgehead atoms. The Kier molecular flexibility index (Phi) is 5.13. The molecule has 140 valence electrons. The number of carbonyl (C=O) groups is 1. The zero-order valence-electron chi connectivity index (χ0n) is 14.6. The van der Waals surface area contributed by atoms with E-state index in [0.717, 1.165) is 48.6 Å². The number of fused-ring (bicyclic) bond motifs is 1. The van der Waals surface area contributed by atoms with Crippen molar-refractivity contribution in [2.75, 3.05) is 25.0 Å². The van der Waals surface area contributed by atoms with Gasteiger partial charge in [0.1, 0.15) is 11.6 Å². The number of nitrogens with one attached hydrogen (secondary N) is 1. The number of nitrogens with zero attached hydrogens (tertiary/aromatic N) is 2. The summed E-state index contributed by atoms with van der Waals surface area (Å²) in [7, 11) is 0. The van der Waals surface area contributed by atoms with Gasteiger partial charge in [-0.05, 0) is 50.2 Å². The number of piperidine rings is 1. The average molecular weight is 387 g/mol. The highest BCUT2D eigenvalue weighted by molar-refractivity contribution is 7.18. The molecule has 0 spiro atoms. The van der Waals surface area contributed by atoms with Gasteiger partial charge in [0, 0.05) is 12.0 Å². The van der Waals surface area contributed by atoms with Gasteiger partial charge in [-0.1, -0.05) is 12.1 Å². The molecule has 0 aliphatic carbocycles. The Balaban J connectivity index is 1.31. The third-order valence-electron chi connectivity index (χ3n) is 4.82. The van der Waals surface area contributed by atoms with Crippen LogP contribution in [-0.2, 0) is 4.79 Å². The van der Waals surface area contributed by atoms with Crippen LogP contribution >= 0.6 is 11.3 Å². The summed E-state index contributed by atoms with van der Waals surface area (Å²) < 4.78 is 27.8. The highest BCUT2D eigenvalue weighted by Gasteiger charge is 2.24. The number of aromatic nitrogens is 1. The summed E-state index contributed by atoms with van der Waals surface area (Å²) in [5.74, 6) is -1.31. The van der Waals surface area contributed by atoms with E-state index in [1.54, 1.807) is 11.3 Å². The van der Waals surface area contributed by atoms with Gasteiger partial charge in [-0.3, -0.25) is 9.69 Å². The number of halogens is 2. The number of rotatable bonds is 4. The van der Waals surface area contributed by atoms with Crippen LogP contribution in [0.15, 0.2) is 42.5 Å². The second-order valence-electron chi connectivity index (χ2n) is 6.74. The molecule has 0 radical (unpaired) electrons. The number of anilines is 1. The van der Waals surface area contributed by atoms with E-state index in [9.17, 15) is 13.6 Å². The summed E-state index contributed by atoms with van der Waals surface area (Å²) in [5, 5.41) is 3.67. The Morgan fingerprint density at radius 1 is 1.19 bits per heavy atom. The first-order valence-electron chi connectivity index (χ1n) is 8.91. The highest BCUT2D eigenvalue weighted by atomic mass is 32.1. The lowest BCUT2D eigenvalue weighted by Crippen LogP contribution is -2.38. The predicted octanol–water partition coefficient (Wildman–Crippen LogP) is 4.39. The molecule has 2 heterocycles. The molecule has 1 aliphatic heterocycles. The summed E-state index contributed by atoms with van der Waals surface area (Å²) in [4.78, 5) is 19.0. The van der Waals surface area contributed by atoms with Gasteiger partial charge in [0.2, 0.25) is 5.91 Å². The zero-order chi connectivity index (χ0) is 18.8. The van der Waals surface area contributed by atoms with Gasteiger partial charge >= 0.3 is 0 Å². The fourth-order valence-electron chi connectivity index (χ4n) is 3.39. The molecular weight excluding hydrogens is 368 g/mol. The summed E-state index contributed by atoms with van der Waals surface area (Å²) in [6.07, 6.45) is 1.88. The standard InChI is InChI=1S/C20H19F2N3OS/c21-14-5-6-16(15(22)11-14)23-19(26)12-25-9-7-13(8-10-25)20-24-17-3-1-2-4-18(17)27-20/h1-6,11,13H,7-10,12H2,(H,23,26). The summed E-state index contributed by atoms with van der Waals surface area (Å²) in [5.41, 5.74) is 1.05. The van der Waals surface area contributed by atoms with Crippen molar-refractivity contribution in [3.8, 4) is 0 Å². The first kappa shape index (κ1) is 18.0. The van der Waals surface area contributed by atoms with E-state index >= 15 is 0 Å². The van der Waals surface area contributed by atoms with Gasteiger partial charge in [0.25, 0.3) is 0 Å². The minimum atomic E-state index is -0.766. The monoisotopic (exact) mass is 387 g/mol. The number of amides is 1. The van der Waals surface area contributed by atoms with Crippen LogP contribution in [0, 0.1) is 11.6 Å². The summed E-state index contributed by atoms with van der Waals surface area (Å²) >= 11 is 1.74. The number of benzene rings is 2. The Morgan fingerprint density at radius 3 is 2.70 bits per heavy atom. The molecule has 0 atom stereocenters. The number of likely N-dealkylation sites (tertiary alicyclic amines) is 1. The lowest BCUT2D eigenvalue weighted by molar-refractivity contribution is -0.117. The lowest BCUT2D eigenvalue weighted by Gasteiger charge is -2.30. The third-order valence-corrected chi connectivity index (χ3v) is 6.02. The molecular formula is C20H19F2N3OS. The molecule has 1 amide bonds. The van der Waals surface area contributed by atoms with Crippen molar-refractivity contribution < 1.29 is 13.6 Å². The Bertz CT molecular complexity index is 934. The molecule has 1 N–H and O–H groups in total. The van der Waals surface area contributed by atoms with Gasteiger partial charge in [0.15, 0.2) is 0 Å². The molecule has 1 aliphatic rings. The molecule has 3 aromatic rings. The smallest absolute Gasteiger partial charge is 0.238 e. The topological polar surface area (TPSA) is 45.2 Å². The molecule has 1 fully saturated rings. The van der Waals surface area contributed by atoms with Gasteiger partial charge < -0.3 is 5.32 Å². The van der Waals surface area contributed by atoms with E-state index in [0.29, 0.717) is 5.92 Å². The van der Waals surface area contributed by atoms with Crippen molar-refractivity contribution in [2.45, 2.75) is 18.8 Å². The number of para-hydroxylation sites is 1. The average Bonchev–Trinajstić information content (AvgIpc) is 3.09. The minimum Gasteiger partial charge on any atom is -0.322 e. The predicted molar refractivity (Wildman–Crippen MR) is 103 cm³/mol. The van der Waals surface area contributed by atoms with Gasteiger partial charge in [0.05, 0.1) is 27.5 Å². The SMILES string of the molecule is O=C(CN1CCC(c2nc3ccccc3s2)CC1)Nc1ccc(F)cc1F. The minimum absolute atomic E-state index is 0.00533. The Hall–Kier alpha value is -2.38. The van der Waals surface area contributed by atoms with Crippen molar-refractivity contribution in [2.24, 2.45) is 0 Å². The van der Waals surface area contributed by atoms with Gasteiger partial charge in [-0.25, -0.2) is 13.8 Å². The van der Waals surface area contributed by atoms with Crippen LogP contribution in [0.4, 0.5) is 14.5 Å². The van der Waals surface area contributed by atoms with Crippen LogP contribution in [0.1, 0.15) is 23.8 Å². The van der Waals surface area contributed by atoms with Crippen molar-refractivity contribution in [1.82, 2.24) is 9.88 Å². The molecule has 4 nitrogen and oxygen atoms in total. The van der Waals surface area contributed by atoms with Crippen molar-refractivity contribution in [3.63, 3.8) is 0 Å². The van der Waals surface area contributed by atoms with E-state index in [1.165, 1.54) is 10.8 Å². The van der Waals surface area contributed by atoms with Crippen LogP contribution in [-0.4, -0.2) is 35.4 Å². The first-order valence-corrected chi connectivity index (χ1v) is 9.73. The van der Waals surface area contributed by atoms with E-state index < -0.39 is 11.6 Å². The van der Waals surface area contributed by atoms with Gasteiger partial charge in [-0.15, -0.1) is 11.3 Å². The quantitative estimate of drug-likeness (QED) is 0.722. The van der Waals surface area contributed by atoms with Crippen LogP contribution in [0.3, 0.4) is 0 Å². The van der Waals surface area contributed by atoms with Crippen molar-refractivity contribution in [3.05, 3.63) is 59.1 Å². The highest BCUT2D eigenvalue weighted by Crippen LogP contribution is 2.33. The molecule has 27 heavy (non-hydrogen) atoms. The van der Waals surface area contributed by atoms with Gasteiger partial charge in [-0.2, -0.15) is 0 Å². The van der Waals surface area contributed by atoms with Crippen LogP contribution in [0.5, 0.6) is 0 Å². The largest absolute Gasteiger partial charge is 0.322 e. The molecule has 0 saturated carbocycles. The number of hydrogen-bond acceptors (Lipinski definition) is 4. The normalized spacial score (nSPS) is 15.9. The van der Waals surface area contributed by atoms with Crippen LogP contribution in [0.25, 0.3) is 10.2 Å². The lowest BCUT2D eigenvalue weighted by atomic mass is 9.97. The van der Waals surface area contributed by atoms with Crippen LogP contribution in [0.2, 0.25) is 0 Å². The van der Waals surface area contributed by atoms with E-state index in [-0.39, 0.29) is 18.1 Å². The van der Waals surface area contributed by atoms with E-state index in [1.807, 2.05) is 18.2 Å². The summed E-state index contributed by atoms with van der Waals surface area (Å²) in [6, 6.07) is 11.3. The zero-order valence-corrected chi connectivity index (χ0v) is 15.4. The maximum absolute atomic E-state index is 13.6. The summed E-state index contributed by atoms with van der Waals surface area (Å²) in [6.45, 7) is 1.78. The van der Waals surface area contributed by atoms with E-state index in [2.05, 4.69) is 16.3 Å². The number of thiazole rings is 1. The van der Waals surface area contributed by atoms with Crippen LogP contribution < -0.4 is 5.32 Å². The fraction of sp³-hybridized carbons (Fsp3) is 0.300. The second-order valence-corrected chi connectivity index (χ2v) is 7.80.